The van der Waals surface area contributed by atoms with Gasteiger partial charge in [-0.1, -0.05) is 28.9 Å². The van der Waals surface area contributed by atoms with Crippen LogP contribution in [-0.2, 0) is 7.05 Å². The zero-order valence-corrected chi connectivity index (χ0v) is 23.2. The van der Waals surface area contributed by atoms with Crippen LogP contribution < -0.4 is 26.0 Å². The van der Waals surface area contributed by atoms with Crippen molar-refractivity contribution in [1.29, 1.82) is 0 Å². The number of halogens is 1. The Morgan fingerprint density at radius 1 is 1.05 bits per heavy atom. The van der Waals surface area contributed by atoms with Crippen LogP contribution in [0.2, 0.25) is 5.02 Å². The molecule has 41 heavy (non-hydrogen) atoms. The maximum absolute atomic E-state index is 13.0. The molecule has 2 amide bonds. The quantitative estimate of drug-likeness (QED) is 0.116. The lowest BCUT2D eigenvalue weighted by atomic mass is 10.1. The van der Waals surface area contributed by atoms with Crippen LogP contribution in [0.4, 0.5) is 22.7 Å². The average Bonchev–Trinajstić information content (AvgIpc) is 3.37. The minimum atomic E-state index is -0.628. The topological polar surface area (TPSA) is 165 Å². The third-order valence-electron chi connectivity index (χ3n) is 6.10. The second-order valence-electron chi connectivity index (χ2n) is 8.68. The number of rotatable bonds is 11. The molecule has 0 aliphatic heterocycles. The monoisotopic (exact) mass is 578 g/mol. The van der Waals surface area contributed by atoms with Gasteiger partial charge < -0.3 is 26.0 Å². The van der Waals surface area contributed by atoms with Gasteiger partial charge in [0.25, 0.3) is 17.5 Å². The number of nitro benzene ring substituents is 1. The highest BCUT2D eigenvalue weighted by molar-refractivity contribution is 6.33. The van der Waals surface area contributed by atoms with E-state index in [9.17, 15) is 19.7 Å². The number of nitro groups is 1. The molecule has 0 aliphatic rings. The number of para-hydroxylation sites is 1. The highest BCUT2D eigenvalue weighted by Gasteiger charge is 2.23. The SMILES string of the molecule is CNc1ccc(C(=O)Nc2cc(NCCNC(=O)c3c(-c4ccccc4OC)nnn3C)c(Cl)cc2[N+](=O)[O-])cc1. The number of carbonyl (C=O) groups is 2. The summed E-state index contributed by atoms with van der Waals surface area (Å²) in [5, 5.41) is 31.2. The highest BCUT2D eigenvalue weighted by Crippen LogP contribution is 2.35. The fourth-order valence-electron chi connectivity index (χ4n) is 4.02. The number of carbonyl (C=O) groups excluding carboxylic acids is 2. The van der Waals surface area contributed by atoms with Crippen molar-refractivity contribution in [2.75, 3.05) is 43.2 Å². The molecule has 0 saturated heterocycles. The number of nitrogens with one attached hydrogen (secondary N) is 4. The Labute approximate surface area is 240 Å². The number of hydrogen-bond donors (Lipinski definition) is 4. The molecule has 0 unspecified atom stereocenters. The zero-order valence-electron chi connectivity index (χ0n) is 22.4. The number of nitrogens with zero attached hydrogens (tertiary/aromatic N) is 4. The molecule has 0 fully saturated rings. The molecule has 1 heterocycles. The van der Waals surface area contributed by atoms with Gasteiger partial charge in [0.1, 0.15) is 17.1 Å². The van der Waals surface area contributed by atoms with Gasteiger partial charge in [0, 0.05) is 50.1 Å². The van der Waals surface area contributed by atoms with E-state index in [2.05, 4.69) is 31.6 Å². The van der Waals surface area contributed by atoms with Crippen molar-refractivity contribution in [3.63, 3.8) is 0 Å². The van der Waals surface area contributed by atoms with Crippen molar-refractivity contribution in [2.24, 2.45) is 7.05 Å². The summed E-state index contributed by atoms with van der Waals surface area (Å²) >= 11 is 6.29. The van der Waals surface area contributed by atoms with Crippen molar-refractivity contribution in [2.45, 2.75) is 0 Å². The van der Waals surface area contributed by atoms with Gasteiger partial charge >= 0.3 is 0 Å². The van der Waals surface area contributed by atoms with E-state index in [1.165, 1.54) is 17.9 Å². The predicted octanol–water partition coefficient (Wildman–Crippen LogP) is 4.19. The van der Waals surface area contributed by atoms with Crippen LogP contribution in [0.15, 0.2) is 60.7 Å². The highest BCUT2D eigenvalue weighted by atomic mass is 35.5. The van der Waals surface area contributed by atoms with E-state index >= 15 is 0 Å². The molecule has 4 rings (SSSR count). The number of benzene rings is 3. The number of hydrogen-bond acceptors (Lipinski definition) is 9. The van der Waals surface area contributed by atoms with Crippen LogP contribution in [-0.4, -0.2) is 59.0 Å². The summed E-state index contributed by atoms with van der Waals surface area (Å²) in [5.74, 6) is -0.381. The lowest BCUT2D eigenvalue weighted by molar-refractivity contribution is -0.383. The van der Waals surface area contributed by atoms with E-state index < -0.39 is 16.7 Å². The van der Waals surface area contributed by atoms with E-state index in [1.807, 2.05) is 12.1 Å². The molecule has 0 radical (unpaired) electrons. The fourth-order valence-corrected chi connectivity index (χ4v) is 4.25. The fraction of sp³-hybridized carbons (Fsp3) is 0.185. The summed E-state index contributed by atoms with van der Waals surface area (Å²) in [6.07, 6.45) is 0. The number of amides is 2. The molecular weight excluding hydrogens is 552 g/mol. The standard InChI is InChI=1S/C27H27ClN8O5/c1-29-17-10-8-16(9-11-17)26(37)32-21-15-20(19(28)14-22(21)36(39)40)30-12-13-31-27(38)25-24(33-34-35(25)2)18-6-4-5-7-23(18)41-3/h4-11,14-15,29-30H,12-13H2,1-3H3,(H,31,38)(H,32,37). The first-order valence-electron chi connectivity index (χ1n) is 12.4. The Morgan fingerprint density at radius 3 is 2.46 bits per heavy atom. The third kappa shape index (κ3) is 6.53. The number of aryl methyl sites for hydroxylation is 1. The van der Waals surface area contributed by atoms with E-state index in [4.69, 9.17) is 16.3 Å². The maximum Gasteiger partial charge on any atom is 0.294 e. The Bertz CT molecular complexity index is 1590. The summed E-state index contributed by atoms with van der Waals surface area (Å²) < 4.78 is 6.77. The molecule has 212 valence electrons. The lowest BCUT2D eigenvalue weighted by Gasteiger charge is -2.13. The van der Waals surface area contributed by atoms with Crippen LogP contribution >= 0.6 is 11.6 Å². The Balaban J connectivity index is 1.44. The summed E-state index contributed by atoms with van der Waals surface area (Å²) in [5.41, 5.74) is 2.32. The smallest absolute Gasteiger partial charge is 0.294 e. The Hall–Kier alpha value is -5.17. The second-order valence-corrected chi connectivity index (χ2v) is 9.09. The minimum absolute atomic E-state index is 0.0314. The number of aromatic nitrogens is 3. The lowest BCUT2D eigenvalue weighted by Crippen LogP contribution is -2.30. The number of anilines is 3. The van der Waals surface area contributed by atoms with Gasteiger partial charge in [0.05, 0.1) is 22.7 Å². The molecule has 0 spiro atoms. The van der Waals surface area contributed by atoms with E-state index in [1.54, 1.807) is 50.5 Å². The van der Waals surface area contributed by atoms with Gasteiger partial charge in [-0.05, 0) is 42.5 Å². The molecular formula is C27H27ClN8O5. The predicted molar refractivity (Wildman–Crippen MR) is 156 cm³/mol. The molecule has 3 aromatic carbocycles. The Morgan fingerprint density at radius 2 is 1.78 bits per heavy atom. The van der Waals surface area contributed by atoms with Crippen molar-refractivity contribution in [3.8, 4) is 17.0 Å². The Kier molecular flexibility index (Phi) is 8.99. The van der Waals surface area contributed by atoms with Crippen molar-refractivity contribution in [1.82, 2.24) is 20.3 Å². The summed E-state index contributed by atoms with van der Waals surface area (Å²) in [6, 6.07) is 16.3. The van der Waals surface area contributed by atoms with Crippen molar-refractivity contribution < 1.29 is 19.2 Å². The van der Waals surface area contributed by atoms with Crippen LogP contribution in [0.3, 0.4) is 0 Å². The van der Waals surface area contributed by atoms with Gasteiger partial charge in [-0.3, -0.25) is 19.7 Å². The molecule has 4 aromatic rings. The summed E-state index contributed by atoms with van der Waals surface area (Å²) in [4.78, 5) is 36.8. The van der Waals surface area contributed by atoms with E-state index in [0.717, 1.165) is 11.8 Å². The first-order chi connectivity index (χ1) is 19.7. The van der Waals surface area contributed by atoms with Crippen LogP contribution in [0, 0.1) is 10.1 Å². The van der Waals surface area contributed by atoms with Gasteiger partial charge in [-0.25, -0.2) is 4.68 Å². The van der Waals surface area contributed by atoms with Crippen LogP contribution in [0.5, 0.6) is 5.75 Å². The third-order valence-corrected chi connectivity index (χ3v) is 6.41. The van der Waals surface area contributed by atoms with E-state index in [0.29, 0.717) is 28.3 Å². The minimum Gasteiger partial charge on any atom is -0.496 e. The van der Waals surface area contributed by atoms with Crippen LogP contribution in [0.25, 0.3) is 11.3 Å². The molecule has 13 nitrogen and oxygen atoms in total. The first kappa shape index (κ1) is 28.8. The van der Waals surface area contributed by atoms with Crippen molar-refractivity contribution in [3.05, 3.63) is 87.1 Å². The zero-order chi connectivity index (χ0) is 29.5. The molecule has 1 aromatic heterocycles. The van der Waals surface area contributed by atoms with Crippen LogP contribution in [0.1, 0.15) is 20.8 Å². The molecule has 4 N–H and O–H groups in total. The summed E-state index contributed by atoms with van der Waals surface area (Å²) in [6.45, 7) is 0.389. The molecule has 0 saturated carbocycles. The van der Waals surface area contributed by atoms with Gasteiger partial charge in [0.15, 0.2) is 5.69 Å². The maximum atomic E-state index is 13.0. The summed E-state index contributed by atoms with van der Waals surface area (Å²) in [7, 11) is 4.89. The largest absolute Gasteiger partial charge is 0.496 e. The number of methoxy groups -OCH3 is 1. The van der Waals surface area contributed by atoms with Crippen molar-refractivity contribution >= 4 is 46.2 Å². The second kappa shape index (κ2) is 12.8. The normalized spacial score (nSPS) is 10.5. The van der Waals surface area contributed by atoms with Gasteiger partial charge in [-0.15, -0.1) is 5.10 Å². The number of ether oxygens (including phenoxy) is 1. The van der Waals surface area contributed by atoms with Gasteiger partial charge in [0.2, 0.25) is 0 Å². The molecule has 0 bridgehead atoms. The average molecular weight is 579 g/mol. The molecule has 14 heteroatoms. The molecule has 0 atom stereocenters. The van der Waals surface area contributed by atoms with E-state index in [-0.39, 0.29) is 35.2 Å². The molecule has 0 aliphatic carbocycles. The van der Waals surface area contributed by atoms with Gasteiger partial charge in [-0.2, -0.15) is 0 Å². The first-order valence-corrected chi connectivity index (χ1v) is 12.7.